The van der Waals surface area contributed by atoms with Gasteiger partial charge in [-0.15, -0.1) is 0 Å². The molecule has 13 aromatic rings. The van der Waals surface area contributed by atoms with E-state index in [1.807, 2.05) is 6.07 Å². The fourth-order valence-electron chi connectivity index (χ4n) is 13.5. The van der Waals surface area contributed by atoms with E-state index in [-0.39, 0.29) is 10.8 Å². The summed E-state index contributed by atoms with van der Waals surface area (Å²) in [5.74, 6) is 0. The lowest BCUT2D eigenvalue weighted by molar-refractivity contribution is 0.586. The summed E-state index contributed by atoms with van der Waals surface area (Å²) in [5, 5.41) is 4.77. The highest BCUT2D eigenvalue weighted by Gasteiger charge is 2.53. The number of hydrogen-bond acceptors (Lipinski definition) is 2. The summed E-state index contributed by atoms with van der Waals surface area (Å²) in [7, 11) is 0. The van der Waals surface area contributed by atoms with Gasteiger partial charge in [0.2, 0.25) is 0 Å². The molecule has 0 fully saturated rings. The molecule has 0 saturated carbocycles. The molecule has 2 nitrogen and oxygen atoms in total. The van der Waals surface area contributed by atoms with E-state index >= 15 is 0 Å². The van der Waals surface area contributed by atoms with E-state index in [0.29, 0.717) is 0 Å². The third kappa shape index (κ3) is 7.76. The molecule has 1 spiro atoms. The minimum atomic E-state index is -0.643. The Kier molecular flexibility index (Phi) is 11.0. The van der Waals surface area contributed by atoms with Gasteiger partial charge < -0.3 is 9.32 Å². The van der Waals surface area contributed by atoms with Gasteiger partial charge in [-0.05, 0) is 182 Å². The topological polar surface area (TPSA) is 16.4 Å². The van der Waals surface area contributed by atoms with Crippen LogP contribution in [-0.4, -0.2) is 0 Å². The smallest absolute Gasteiger partial charge is 0.136 e. The number of furan rings is 1. The monoisotopic (exact) mass is 1040 g/mol. The molecule has 2 heteroatoms. The first-order chi connectivity index (χ1) is 39.4. The van der Waals surface area contributed by atoms with Crippen LogP contribution >= 0.6 is 0 Å². The second-order valence-electron chi connectivity index (χ2n) is 24.4. The Bertz CT molecular complexity index is 4570. The molecule has 0 bridgehead atoms. The van der Waals surface area contributed by atoms with Crippen molar-refractivity contribution in [3.8, 4) is 66.8 Å². The Morgan fingerprint density at radius 1 is 0.296 bits per heavy atom. The number of hydrogen-bond donors (Lipinski definition) is 0. The zero-order valence-electron chi connectivity index (χ0n) is 46.7. The van der Waals surface area contributed by atoms with Gasteiger partial charge in [-0.2, -0.15) is 0 Å². The lowest BCUT2D eigenvalue weighted by Gasteiger charge is -2.34. The molecular formula is C79H61NO. The van der Waals surface area contributed by atoms with Crippen molar-refractivity contribution in [3.63, 3.8) is 0 Å². The first-order valence-electron chi connectivity index (χ1n) is 28.5. The van der Waals surface area contributed by atoms with Crippen molar-refractivity contribution in [1.82, 2.24) is 0 Å². The van der Waals surface area contributed by atoms with Gasteiger partial charge in [0, 0.05) is 27.8 Å². The third-order valence-corrected chi connectivity index (χ3v) is 17.6. The van der Waals surface area contributed by atoms with Crippen LogP contribution in [0.15, 0.2) is 265 Å². The van der Waals surface area contributed by atoms with Crippen LogP contribution in [0.1, 0.15) is 74.9 Å². The Labute approximate surface area is 475 Å². The summed E-state index contributed by atoms with van der Waals surface area (Å²) < 4.78 is 6.38. The average Bonchev–Trinajstić information content (AvgIpc) is 2.53. The summed E-state index contributed by atoms with van der Waals surface area (Å²) in [6, 6.07) is 97.7. The molecule has 0 N–H and O–H groups in total. The zero-order valence-corrected chi connectivity index (χ0v) is 46.7. The predicted octanol–water partition coefficient (Wildman–Crippen LogP) is 21.8. The summed E-state index contributed by atoms with van der Waals surface area (Å²) in [6.45, 7) is 14.1. The van der Waals surface area contributed by atoms with Crippen molar-refractivity contribution in [2.45, 2.75) is 57.8 Å². The molecule has 12 aromatic carbocycles. The van der Waals surface area contributed by atoms with Gasteiger partial charge in [0.1, 0.15) is 11.2 Å². The lowest BCUT2D eigenvalue weighted by Crippen LogP contribution is -2.27. The fraction of sp³-hybridized carbons (Fsp3) is 0.114. The van der Waals surface area contributed by atoms with E-state index in [1.165, 1.54) is 99.8 Å². The Morgan fingerprint density at radius 2 is 0.753 bits per heavy atom. The van der Waals surface area contributed by atoms with E-state index in [0.717, 1.165) is 50.1 Å². The van der Waals surface area contributed by atoms with Crippen molar-refractivity contribution in [2.24, 2.45) is 0 Å². The Morgan fingerprint density at radius 3 is 1.44 bits per heavy atom. The number of nitrogens with zero attached hydrogens (tertiary/aromatic N) is 1. The highest BCUT2D eigenvalue weighted by Crippen LogP contribution is 2.65. The number of rotatable bonds is 7. The van der Waals surface area contributed by atoms with Crippen LogP contribution in [0.25, 0.3) is 99.5 Å². The molecule has 2 aliphatic carbocycles. The number of anilines is 3. The first kappa shape index (κ1) is 48.6. The SMILES string of the molecule is CC(C)(C)c1ccc2c(c1)C1(c3cc(-c4cccc(-c5cccc6ccccc56)c4)ccc3-c3ccc(N(c4ccc(-c5ccccc5)cc4)c4ccc(-c5cccc6oc7ccccc7c56)cc4)cc31)c1cc(C(C)(C)C)ccc1-2. The van der Waals surface area contributed by atoms with Crippen LogP contribution in [0, 0.1) is 0 Å². The van der Waals surface area contributed by atoms with Crippen LogP contribution < -0.4 is 4.90 Å². The van der Waals surface area contributed by atoms with Crippen LogP contribution in [0.5, 0.6) is 0 Å². The van der Waals surface area contributed by atoms with Crippen LogP contribution in [0.4, 0.5) is 17.1 Å². The van der Waals surface area contributed by atoms with E-state index in [2.05, 4.69) is 301 Å². The highest BCUT2D eigenvalue weighted by molar-refractivity contribution is 6.12. The average molecular weight is 1040 g/mol. The maximum Gasteiger partial charge on any atom is 0.136 e. The molecule has 1 aromatic heterocycles. The quantitative estimate of drug-likeness (QED) is 0.158. The van der Waals surface area contributed by atoms with Crippen LogP contribution in [0.3, 0.4) is 0 Å². The van der Waals surface area contributed by atoms with Crippen molar-refractivity contribution < 1.29 is 4.42 Å². The molecule has 0 aliphatic heterocycles. The van der Waals surface area contributed by atoms with Crippen LogP contribution in [0.2, 0.25) is 0 Å². The van der Waals surface area contributed by atoms with E-state index in [1.54, 1.807) is 0 Å². The first-order valence-corrected chi connectivity index (χ1v) is 28.5. The van der Waals surface area contributed by atoms with Gasteiger partial charge >= 0.3 is 0 Å². The molecule has 0 atom stereocenters. The van der Waals surface area contributed by atoms with Gasteiger partial charge in [0.05, 0.1) is 5.41 Å². The normalized spacial score (nSPS) is 13.2. The standard InChI is InChI=1S/C79H61NO/c1-77(2,3)57-34-42-66-67-43-35-58(78(4,5)6)48-72(67)79(71(66)47-57)70-46-55(54-21-14-22-56(45-54)63-25-15-20-52-19-10-11-23-62(52)63)33-41-65(70)68-44-40-61(49-73(68)79)80(59-36-29-51(30-37-59)50-17-8-7-9-18-50)60-38-31-53(32-39-60)64-26-16-28-75-76(64)69-24-12-13-27-74(69)81-75/h7-49H,1-6H3. The molecule has 1 heterocycles. The summed E-state index contributed by atoms with van der Waals surface area (Å²) >= 11 is 0. The summed E-state index contributed by atoms with van der Waals surface area (Å²) in [5.41, 5.74) is 26.9. The third-order valence-electron chi connectivity index (χ3n) is 17.6. The number of benzene rings is 12. The Hall–Kier alpha value is -9.50. The van der Waals surface area contributed by atoms with Gasteiger partial charge in [0.25, 0.3) is 0 Å². The van der Waals surface area contributed by atoms with Crippen LogP contribution in [-0.2, 0) is 16.2 Å². The highest BCUT2D eigenvalue weighted by atomic mass is 16.3. The maximum absolute atomic E-state index is 6.38. The predicted molar refractivity (Wildman–Crippen MR) is 341 cm³/mol. The van der Waals surface area contributed by atoms with E-state index in [9.17, 15) is 0 Å². The molecule has 0 amide bonds. The van der Waals surface area contributed by atoms with Crippen molar-refractivity contribution >= 4 is 49.8 Å². The van der Waals surface area contributed by atoms with Crippen molar-refractivity contribution in [1.29, 1.82) is 0 Å². The molecule has 81 heavy (non-hydrogen) atoms. The molecule has 15 rings (SSSR count). The zero-order chi connectivity index (χ0) is 54.8. The fourth-order valence-corrected chi connectivity index (χ4v) is 13.5. The second-order valence-corrected chi connectivity index (χ2v) is 24.4. The van der Waals surface area contributed by atoms with E-state index in [4.69, 9.17) is 4.42 Å². The molecule has 2 aliphatic rings. The molecule has 388 valence electrons. The molecule has 0 saturated heterocycles. The Balaban J connectivity index is 0.958. The minimum absolute atomic E-state index is 0.0807. The largest absolute Gasteiger partial charge is 0.456 e. The van der Waals surface area contributed by atoms with Crippen molar-refractivity contribution in [3.05, 3.63) is 294 Å². The summed E-state index contributed by atoms with van der Waals surface area (Å²) in [4.78, 5) is 2.46. The lowest BCUT2D eigenvalue weighted by atomic mass is 9.68. The molecular weight excluding hydrogens is 979 g/mol. The minimum Gasteiger partial charge on any atom is -0.456 e. The molecule has 0 unspecified atom stereocenters. The van der Waals surface area contributed by atoms with Gasteiger partial charge in [-0.3, -0.25) is 0 Å². The summed E-state index contributed by atoms with van der Waals surface area (Å²) in [6.07, 6.45) is 0. The molecule has 0 radical (unpaired) electrons. The van der Waals surface area contributed by atoms with E-state index < -0.39 is 5.41 Å². The number of fused-ring (bicyclic) bond motifs is 14. The van der Waals surface area contributed by atoms with Gasteiger partial charge in [0.15, 0.2) is 0 Å². The van der Waals surface area contributed by atoms with Crippen molar-refractivity contribution in [2.75, 3.05) is 4.90 Å². The van der Waals surface area contributed by atoms with Gasteiger partial charge in [-0.1, -0.05) is 242 Å². The maximum atomic E-state index is 6.38. The number of para-hydroxylation sites is 1. The van der Waals surface area contributed by atoms with Gasteiger partial charge in [-0.25, -0.2) is 0 Å². The second kappa shape index (κ2) is 18.3.